The topological polar surface area (TPSA) is 12.0 Å². The average molecular weight is 300 g/mol. The molecule has 0 aliphatic carbocycles. The molecule has 0 unspecified atom stereocenters. The van der Waals surface area contributed by atoms with Crippen LogP contribution in [0.2, 0.25) is 10.0 Å². The maximum Gasteiger partial charge on any atom is 0.0453 e. The first-order valence-electron chi connectivity index (χ1n) is 5.85. The minimum absolute atomic E-state index is 0.686. The number of hydrogen-bond acceptors (Lipinski definition) is 2. The van der Waals surface area contributed by atoms with Crippen molar-refractivity contribution in [3.63, 3.8) is 0 Å². The van der Waals surface area contributed by atoms with Gasteiger partial charge in [-0.2, -0.15) is 0 Å². The highest BCUT2D eigenvalue weighted by Gasteiger charge is 2.01. The average Bonchev–Trinajstić information content (AvgIpc) is 2.73. The van der Waals surface area contributed by atoms with Crippen molar-refractivity contribution in [3.8, 4) is 0 Å². The first kappa shape index (κ1) is 13.9. The third-order valence-electron chi connectivity index (χ3n) is 2.68. The number of benzene rings is 1. The molecule has 0 radical (unpaired) electrons. The van der Waals surface area contributed by atoms with Gasteiger partial charge in [0.15, 0.2) is 0 Å². The van der Waals surface area contributed by atoms with E-state index in [4.69, 9.17) is 23.2 Å². The Morgan fingerprint density at radius 2 is 2.00 bits per heavy atom. The highest BCUT2D eigenvalue weighted by atomic mass is 35.5. The van der Waals surface area contributed by atoms with Gasteiger partial charge in [-0.05, 0) is 49.7 Å². The van der Waals surface area contributed by atoms with Crippen LogP contribution in [0, 0.1) is 6.92 Å². The lowest BCUT2D eigenvalue weighted by Crippen LogP contribution is -2.16. The Balaban J connectivity index is 1.78. The molecule has 1 heterocycles. The van der Waals surface area contributed by atoms with Gasteiger partial charge in [-0.25, -0.2) is 0 Å². The van der Waals surface area contributed by atoms with Gasteiger partial charge in [-0.3, -0.25) is 0 Å². The quantitative estimate of drug-likeness (QED) is 0.790. The van der Waals surface area contributed by atoms with Crippen LogP contribution in [-0.2, 0) is 13.0 Å². The van der Waals surface area contributed by atoms with Crippen LogP contribution < -0.4 is 5.32 Å². The van der Waals surface area contributed by atoms with Gasteiger partial charge >= 0.3 is 0 Å². The summed E-state index contributed by atoms with van der Waals surface area (Å²) in [7, 11) is 0. The Hall–Kier alpha value is -0.540. The molecule has 0 spiro atoms. The van der Waals surface area contributed by atoms with E-state index in [2.05, 4.69) is 24.4 Å². The van der Waals surface area contributed by atoms with Crippen molar-refractivity contribution >= 4 is 34.5 Å². The Labute approximate surface area is 122 Å². The Bertz CT molecular complexity index is 522. The molecule has 4 heteroatoms. The summed E-state index contributed by atoms with van der Waals surface area (Å²) in [5.74, 6) is 0. The summed E-state index contributed by atoms with van der Waals surface area (Å²) < 4.78 is 0. The van der Waals surface area contributed by atoms with E-state index in [1.807, 2.05) is 23.5 Å². The number of aryl methyl sites for hydroxylation is 1. The Morgan fingerprint density at radius 3 is 2.67 bits per heavy atom. The highest BCUT2D eigenvalue weighted by molar-refractivity contribution is 7.11. The normalized spacial score (nSPS) is 10.8. The van der Waals surface area contributed by atoms with Crippen molar-refractivity contribution in [2.75, 3.05) is 6.54 Å². The van der Waals surface area contributed by atoms with Gasteiger partial charge in [0.1, 0.15) is 0 Å². The van der Waals surface area contributed by atoms with Crippen LogP contribution in [0.1, 0.15) is 15.3 Å². The highest BCUT2D eigenvalue weighted by Crippen LogP contribution is 2.21. The van der Waals surface area contributed by atoms with E-state index in [-0.39, 0.29) is 0 Å². The predicted molar refractivity (Wildman–Crippen MR) is 80.9 cm³/mol. The third-order valence-corrected chi connectivity index (χ3v) is 4.27. The summed E-state index contributed by atoms with van der Waals surface area (Å²) in [4.78, 5) is 2.72. The predicted octanol–water partition coefficient (Wildman–Crippen LogP) is 4.70. The van der Waals surface area contributed by atoms with E-state index in [0.717, 1.165) is 30.1 Å². The second-order valence-electron chi connectivity index (χ2n) is 4.17. The van der Waals surface area contributed by atoms with E-state index < -0.39 is 0 Å². The van der Waals surface area contributed by atoms with Crippen molar-refractivity contribution in [1.29, 1.82) is 0 Å². The molecule has 2 aromatic rings. The zero-order valence-corrected chi connectivity index (χ0v) is 12.5. The number of halogens is 2. The molecular weight excluding hydrogens is 285 g/mol. The van der Waals surface area contributed by atoms with Crippen molar-refractivity contribution in [1.82, 2.24) is 5.32 Å². The molecule has 96 valence electrons. The zero-order chi connectivity index (χ0) is 13.0. The summed E-state index contributed by atoms with van der Waals surface area (Å²) in [6, 6.07) is 9.98. The van der Waals surface area contributed by atoms with Crippen molar-refractivity contribution in [3.05, 3.63) is 55.7 Å². The fourth-order valence-electron chi connectivity index (χ4n) is 1.74. The third kappa shape index (κ3) is 3.99. The van der Waals surface area contributed by atoms with E-state index in [0.29, 0.717) is 5.02 Å². The molecule has 1 N–H and O–H groups in total. The van der Waals surface area contributed by atoms with Gasteiger partial charge in [0.25, 0.3) is 0 Å². The molecule has 0 aliphatic rings. The van der Waals surface area contributed by atoms with Crippen LogP contribution in [0.3, 0.4) is 0 Å². The molecule has 0 atom stereocenters. The van der Waals surface area contributed by atoms with Crippen LogP contribution >= 0.6 is 34.5 Å². The van der Waals surface area contributed by atoms with E-state index in [1.54, 1.807) is 6.07 Å². The maximum atomic E-state index is 6.12. The molecule has 1 aromatic heterocycles. The lowest BCUT2D eigenvalue weighted by molar-refractivity contribution is 0.694. The second kappa shape index (κ2) is 6.58. The number of hydrogen-bond donors (Lipinski definition) is 1. The molecule has 0 fully saturated rings. The number of nitrogens with one attached hydrogen (secondary N) is 1. The fraction of sp³-hybridized carbons (Fsp3) is 0.286. The van der Waals surface area contributed by atoms with Gasteiger partial charge in [0.2, 0.25) is 0 Å². The van der Waals surface area contributed by atoms with Crippen LogP contribution in [0.15, 0.2) is 30.3 Å². The molecule has 0 saturated carbocycles. The van der Waals surface area contributed by atoms with Crippen LogP contribution in [0.4, 0.5) is 0 Å². The van der Waals surface area contributed by atoms with Crippen molar-refractivity contribution in [2.45, 2.75) is 19.9 Å². The molecular formula is C14H15Cl2NS. The zero-order valence-electron chi connectivity index (χ0n) is 10.2. The molecule has 1 aromatic carbocycles. The van der Waals surface area contributed by atoms with Gasteiger partial charge < -0.3 is 5.32 Å². The lowest BCUT2D eigenvalue weighted by Gasteiger charge is -2.06. The largest absolute Gasteiger partial charge is 0.312 e. The standard InChI is InChI=1S/C14H15Cl2NS/c1-10-2-5-13(18-10)9-17-7-6-11-3-4-12(15)8-14(11)16/h2-5,8,17H,6-7,9H2,1H3. The van der Waals surface area contributed by atoms with Crippen molar-refractivity contribution in [2.24, 2.45) is 0 Å². The smallest absolute Gasteiger partial charge is 0.0453 e. The minimum Gasteiger partial charge on any atom is -0.312 e. The monoisotopic (exact) mass is 299 g/mol. The maximum absolute atomic E-state index is 6.12. The number of rotatable bonds is 5. The van der Waals surface area contributed by atoms with Gasteiger partial charge in [0.05, 0.1) is 0 Å². The molecule has 0 amide bonds. The van der Waals surface area contributed by atoms with E-state index >= 15 is 0 Å². The summed E-state index contributed by atoms with van der Waals surface area (Å²) >= 11 is 13.8. The first-order valence-corrected chi connectivity index (χ1v) is 7.42. The van der Waals surface area contributed by atoms with Gasteiger partial charge in [-0.15, -0.1) is 11.3 Å². The van der Waals surface area contributed by atoms with Crippen LogP contribution in [0.25, 0.3) is 0 Å². The SMILES string of the molecule is Cc1ccc(CNCCc2ccc(Cl)cc2Cl)s1. The molecule has 2 rings (SSSR count). The summed E-state index contributed by atoms with van der Waals surface area (Å²) in [6.07, 6.45) is 0.917. The van der Waals surface area contributed by atoms with Gasteiger partial charge in [0, 0.05) is 26.3 Å². The first-order chi connectivity index (χ1) is 8.65. The van der Waals surface area contributed by atoms with E-state index in [9.17, 15) is 0 Å². The second-order valence-corrected chi connectivity index (χ2v) is 6.39. The summed E-state index contributed by atoms with van der Waals surface area (Å²) in [5.41, 5.74) is 1.14. The number of thiophene rings is 1. The molecule has 0 saturated heterocycles. The van der Waals surface area contributed by atoms with Gasteiger partial charge in [-0.1, -0.05) is 29.3 Å². The fourth-order valence-corrected chi connectivity index (χ4v) is 3.10. The Morgan fingerprint density at radius 1 is 1.17 bits per heavy atom. The lowest BCUT2D eigenvalue weighted by atomic mass is 10.1. The minimum atomic E-state index is 0.686. The summed E-state index contributed by atoms with van der Waals surface area (Å²) in [5, 5.41) is 4.86. The summed E-state index contributed by atoms with van der Waals surface area (Å²) in [6.45, 7) is 3.96. The Kier molecular flexibility index (Phi) is 5.07. The van der Waals surface area contributed by atoms with Crippen molar-refractivity contribution < 1.29 is 0 Å². The van der Waals surface area contributed by atoms with Crippen LogP contribution in [0.5, 0.6) is 0 Å². The molecule has 0 aliphatic heterocycles. The van der Waals surface area contributed by atoms with Crippen LogP contribution in [-0.4, -0.2) is 6.54 Å². The molecule has 0 bridgehead atoms. The van der Waals surface area contributed by atoms with E-state index in [1.165, 1.54) is 9.75 Å². The molecule has 1 nitrogen and oxygen atoms in total. The molecule has 18 heavy (non-hydrogen) atoms.